The van der Waals surface area contributed by atoms with Gasteiger partial charge in [-0.15, -0.1) is 0 Å². The summed E-state index contributed by atoms with van der Waals surface area (Å²) in [5.41, 5.74) is 0.675. The summed E-state index contributed by atoms with van der Waals surface area (Å²) in [5, 5.41) is 0. The van der Waals surface area contributed by atoms with Crippen LogP contribution in [0.25, 0.3) is 0 Å². The Bertz CT molecular complexity index is 807. The number of hydrogen-bond donors (Lipinski definition) is 0. The number of rotatable bonds is 3. The molecule has 1 atom stereocenters. The van der Waals surface area contributed by atoms with Gasteiger partial charge in [-0.3, -0.25) is 9.69 Å². The Kier molecular flexibility index (Phi) is 3.13. The molecule has 0 spiro atoms. The second-order valence-corrected chi connectivity index (χ2v) is 5.51. The van der Waals surface area contributed by atoms with Crippen LogP contribution in [0.4, 0.5) is 14.5 Å². The van der Waals surface area contributed by atoms with Gasteiger partial charge in [0.2, 0.25) is 6.79 Å². The number of anilines is 1. The van der Waals surface area contributed by atoms with Crippen molar-refractivity contribution in [3.63, 3.8) is 0 Å². The van der Waals surface area contributed by atoms with Crippen molar-refractivity contribution in [2.75, 3.05) is 18.8 Å². The molecule has 7 heteroatoms. The Hall–Kier alpha value is -2.83. The summed E-state index contributed by atoms with van der Waals surface area (Å²) < 4.78 is 43.9. The van der Waals surface area contributed by atoms with Crippen molar-refractivity contribution in [1.29, 1.82) is 0 Å². The molecule has 0 radical (unpaired) electrons. The van der Waals surface area contributed by atoms with E-state index in [4.69, 9.17) is 14.2 Å². The number of β-lactam (4-membered cyclic amide) rings is 1. The van der Waals surface area contributed by atoms with E-state index in [-0.39, 0.29) is 6.79 Å². The van der Waals surface area contributed by atoms with E-state index in [1.165, 1.54) is 25.3 Å². The normalized spacial score (nSPS) is 20.7. The smallest absolute Gasteiger partial charge is 0.349 e. The lowest BCUT2D eigenvalue weighted by Gasteiger charge is -2.46. The summed E-state index contributed by atoms with van der Waals surface area (Å²) in [4.78, 5) is 13.0. The van der Waals surface area contributed by atoms with Crippen molar-refractivity contribution in [1.82, 2.24) is 0 Å². The van der Waals surface area contributed by atoms with Crippen molar-refractivity contribution >= 4 is 11.6 Å². The van der Waals surface area contributed by atoms with Crippen LogP contribution in [0.15, 0.2) is 42.5 Å². The molecule has 5 nitrogen and oxygen atoms in total. The Morgan fingerprint density at radius 2 is 1.83 bits per heavy atom. The zero-order valence-electron chi connectivity index (χ0n) is 12.7. The van der Waals surface area contributed by atoms with Crippen LogP contribution in [0.5, 0.6) is 17.2 Å². The summed E-state index contributed by atoms with van der Waals surface area (Å²) in [6, 6.07) is 9.58. The second-order valence-electron chi connectivity index (χ2n) is 5.51. The topological polar surface area (TPSA) is 48.0 Å². The van der Waals surface area contributed by atoms with E-state index in [0.717, 1.165) is 4.90 Å². The van der Waals surface area contributed by atoms with Gasteiger partial charge < -0.3 is 14.2 Å². The van der Waals surface area contributed by atoms with Crippen molar-refractivity contribution < 1.29 is 27.8 Å². The molecular formula is C17H13F2NO4. The van der Waals surface area contributed by atoms with Gasteiger partial charge in [-0.25, -0.2) is 0 Å². The van der Waals surface area contributed by atoms with E-state index in [1.54, 1.807) is 24.3 Å². The highest BCUT2D eigenvalue weighted by Crippen LogP contribution is 2.51. The molecule has 0 saturated carbocycles. The van der Waals surface area contributed by atoms with E-state index in [2.05, 4.69) is 0 Å². The number of amides is 1. The maximum absolute atomic E-state index is 14.2. The monoisotopic (exact) mass is 333 g/mol. The number of nitrogens with zero attached hydrogens (tertiary/aromatic N) is 1. The zero-order chi connectivity index (χ0) is 16.9. The molecule has 2 heterocycles. The molecule has 4 rings (SSSR count). The summed E-state index contributed by atoms with van der Waals surface area (Å²) >= 11 is 0. The minimum atomic E-state index is -3.45. The third kappa shape index (κ3) is 2.01. The molecule has 1 saturated heterocycles. The fraction of sp³-hybridized carbons (Fsp3) is 0.235. The lowest BCUT2D eigenvalue weighted by Crippen LogP contribution is -2.64. The van der Waals surface area contributed by atoms with E-state index >= 15 is 0 Å². The predicted molar refractivity (Wildman–Crippen MR) is 80.7 cm³/mol. The number of hydrogen-bond acceptors (Lipinski definition) is 4. The molecule has 0 aromatic heterocycles. The summed E-state index contributed by atoms with van der Waals surface area (Å²) in [5.74, 6) is -3.17. The number of carbonyl (C=O) groups is 1. The van der Waals surface area contributed by atoms with Gasteiger partial charge in [-0.1, -0.05) is 12.1 Å². The number of carbonyl (C=O) groups excluding carboxylic acids is 1. The van der Waals surface area contributed by atoms with Gasteiger partial charge in [-0.2, -0.15) is 8.78 Å². The maximum atomic E-state index is 14.2. The first-order valence-electron chi connectivity index (χ1n) is 7.27. The number of methoxy groups -OCH3 is 1. The molecule has 0 aliphatic carbocycles. The van der Waals surface area contributed by atoms with Crippen LogP contribution >= 0.6 is 0 Å². The van der Waals surface area contributed by atoms with E-state index in [1.807, 2.05) is 0 Å². The van der Waals surface area contributed by atoms with Gasteiger partial charge in [0, 0.05) is 11.8 Å². The van der Waals surface area contributed by atoms with E-state index in [0.29, 0.717) is 28.5 Å². The molecule has 1 amide bonds. The first-order valence-corrected chi connectivity index (χ1v) is 7.27. The zero-order valence-corrected chi connectivity index (χ0v) is 12.7. The van der Waals surface area contributed by atoms with Crippen molar-refractivity contribution in [3.05, 3.63) is 48.0 Å². The van der Waals surface area contributed by atoms with E-state index in [9.17, 15) is 13.6 Å². The minimum Gasteiger partial charge on any atom is -0.497 e. The molecule has 2 aromatic rings. The highest BCUT2D eigenvalue weighted by molar-refractivity contribution is 6.07. The fourth-order valence-corrected chi connectivity index (χ4v) is 2.94. The minimum absolute atomic E-state index is 0.0742. The highest BCUT2D eigenvalue weighted by Gasteiger charge is 2.64. The molecule has 1 fully saturated rings. The van der Waals surface area contributed by atoms with E-state index < -0.39 is 17.9 Å². The van der Waals surface area contributed by atoms with Gasteiger partial charge in [-0.05, 0) is 29.8 Å². The van der Waals surface area contributed by atoms with Crippen LogP contribution in [0.1, 0.15) is 11.6 Å². The van der Waals surface area contributed by atoms with Gasteiger partial charge >= 0.3 is 11.8 Å². The maximum Gasteiger partial charge on any atom is 0.349 e. The Labute approximate surface area is 136 Å². The van der Waals surface area contributed by atoms with Crippen LogP contribution in [-0.2, 0) is 4.79 Å². The number of halogens is 2. The van der Waals surface area contributed by atoms with Gasteiger partial charge in [0.05, 0.1) is 7.11 Å². The molecule has 0 N–H and O–H groups in total. The highest BCUT2D eigenvalue weighted by atomic mass is 19.3. The van der Waals surface area contributed by atoms with Crippen LogP contribution in [-0.4, -0.2) is 25.7 Å². The SMILES string of the molecule is COc1ccc([C@@H]2N(c3ccc4c(c3)OCO4)C(=O)C2(F)F)cc1. The Balaban J connectivity index is 1.72. The quantitative estimate of drug-likeness (QED) is 0.810. The van der Waals surface area contributed by atoms with Gasteiger partial charge in [0.25, 0.3) is 0 Å². The summed E-state index contributed by atoms with van der Waals surface area (Å²) in [7, 11) is 1.50. The summed E-state index contributed by atoms with van der Waals surface area (Å²) in [6.45, 7) is 0.0742. The van der Waals surface area contributed by atoms with Crippen LogP contribution in [0.3, 0.4) is 0 Å². The van der Waals surface area contributed by atoms with Crippen LogP contribution in [0.2, 0.25) is 0 Å². The first-order chi connectivity index (χ1) is 11.5. The Morgan fingerprint density at radius 3 is 2.54 bits per heavy atom. The predicted octanol–water partition coefficient (Wildman–Crippen LogP) is 3.15. The second kappa shape index (κ2) is 5.09. The molecule has 2 aliphatic rings. The largest absolute Gasteiger partial charge is 0.497 e. The number of fused-ring (bicyclic) bond motifs is 1. The number of benzene rings is 2. The fourth-order valence-electron chi connectivity index (χ4n) is 2.94. The van der Waals surface area contributed by atoms with Gasteiger partial charge in [0.15, 0.2) is 11.5 Å². The van der Waals surface area contributed by atoms with Crippen molar-refractivity contribution in [3.8, 4) is 17.2 Å². The third-order valence-electron chi connectivity index (χ3n) is 4.17. The molecule has 24 heavy (non-hydrogen) atoms. The van der Waals surface area contributed by atoms with Crippen molar-refractivity contribution in [2.24, 2.45) is 0 Å². The number of alkyl halides is 2. The first kappa shape index (κ1) is 14.7. The average molecular weight is 333 g/mol. The van der Waals surface area contributed by atoms with Gasteiger partial charge in [0.1, 0.15) is 11.8 Å². The molecular weight excluding hydrogens is 320 g/mol. The molecule has 2 aromatic carbocycles. The van der Waals surface area contributed by atoms with Crippen LogP contribution < -0.4 is 19.1 Å². The average Bonchev–Trinajstić information content (AvgIpc) is 3.06. The van der Waals surface area contributed by atoms with Crippen LogP contribution in [0, 0.1) is 0 Å². The number of ether oxygens (including phenoxy) is 3. The standard InChI is InChI=1S/C17H13F2NO4/c1-22-12-5-2-10(3-6-12)15-17(18,19)16(21)20(15)11-4-7-13-14(8-11)24-9-23-13/h2-8,15H,9H2,1H3/t15-/m0/s1. The van der Waals surface area contributed by atoms with Crippen molar-refractivity contribution in [2.45, 2.75) is 12.0 Å². The Morgan fingerprint density at radius 1 is 1.12 bits per heavy atom. The summed E-state index contributed by atoms with van der Waals surface area (Å²) in [6.07, 6.45) is 0. The molecule has 2 aliphatic heterocycles. The molecule has 0 bridgehead atoms. The third-order valence-corrected chi connectivity index (χ3v) is 4.17. The lowest BCUT2D eigenvalue weighted by atomic mass is 9.89. The lowest BCUT2D eigenvalue weighted by molar-refractivity contribution is -0.162. The molecule has 0 unspecified atom stereocenters. The molecule has 124 valence electrons.